The van der Waals surface area contributed by atoms with Crippen LogP contribution in [0, 0.1) is 0 Å². The van der Waals surface area contributed by atoms with Gasteiger partial charge >= 0.3 is 0 Å². The average Bonchev–Trinajstić information content (AvgIpc) is 3.61. The van der Waals surface area contributed by atoms with Gasteiger partial charge in [0.15, 0.2) is 0 Å². The summed E-state index contributed by atoms with van der Waals surface area (Å²) in [7, 11) is 0. The first kappa shape index (κ1) is 30.3. The number of aromatic nitrogens is 2. The predicted molar refractivity (Wildman–Crippen MR) is 225 cm³/mol. The number of anilines is 3. The highest BCUT2D eigenvalue weighted by Gasteiger charge is 2.41. The van der Waals surface area contributed by atoms with Gasteiger partial charge in [-0.25, -0.2) is 9.97 Å². The minimum atomic E-state index is -0.282. The van der Waals surface area contributed by atoms with Crippen molar-refractivity contribution in [2.24, 2.45) is 0 Å². The summed E-state index contributed by atoms with van der Waals surface area (Å²) in [6.07, 6.45) is 0. The first-order valence-electron chi connectivity index (χ1n) is 18.2. The van der Waals surface area contributed by atoms with E-state index in [1.165, 1.54) is 64.3 Å². The molecule has 1 aliphatic rings. The van der Waals surface area contributed by atoms with Crippen LogP contribution in [0.15, 0.2) is 164 Å². The molecule has 10 aromatic rings. The first-order chi connectivity index (χ1) is 26.1. The summed E-state index contributed by atoms with van der Waals surface area (Å²) in [5.41, 5.74) is 9.86. The van der Waals surface area contributed by atoms with E-state index in [4.69, 9.17) is 9.97 Å². The van der Waals surface area contributed by atoms with Gasteiger partial charge in [0.2, 0.25) is 5.95 Å². The van der Waals surface area contributed by atoms with Crippen molar-refractivity contribution < 1.29 is 0 Å². The van der Waals surface area contributed by atoms with E-state index in [-0.39, 0.29) is 5.41 Å². The maximum atomic E-state index is 5.65. The van der Waals surface area contributed by atoms with E-state index in [9.17, 15) is 0 Å². The average molecular weight is 696 g/mol. The van der Waals surface area contributed by atoms with Gasteiger partial charge in [-0.05, 0) is 62.0 Å². The van der Waals surface area contributed by atoms with Crippen molar-refractivity contribution in [3.8, 4) is 22.4 Å². The number of hydrogen-bond acceptors (Lipinski definition) is 4. The molecule has 4 heteroatoms. The van der Waals surface area contributed by atoms with Gasteiger partial charge in [-0.3, -0.25) is 4.90 Å². The molecule has 0 radical (unpaired) electrons. The number of nitrogens with zero attached hydrogens (tertiary/aromatic N) is 3. The van der Waals surface area contributed by atoms with Crippen LogP contribution >= 0.6 is 11.3 Å². The quantitative estimate of drug-likeness (QED) is 0.172. The third kappa shape index (κ3) is 4.39. The molecule has 250 valence electrons. The molecule has 0 amide bonds. The summed E-state index contributed by atoms with van der Waals surface area (Å²) in [6, 6.07) is 59.0. The molecule has 0 N–H and O–H groups in total. The highest BCUT2D eigenvalue weighted by atomic mass is 32.1. The number of fused-ring (bicyclic) bond motifs is 12. The zero-order chi connectivity index (χ0) is 35.3. The number of rotatable bonds is 3. The van der Waals surface area contributed by atoms with Crippen molar-refractivity contribution in [3.05, 3.63) is 175 Å². The van der Waals surface area contributed by atoms with Gasteiger partial charge in [0.25, 0.3) is 0 Å². The lowest BCUT2D eigenvalue weighted by molar-refractivity contribution is 0.638. The fourth-order valence-corrected chi connectivity index (χ4v) is 10.1. The van der Waals surface area contributed by atoms with Crippen LogP contribution in [0.5, 0.6) is 0 Å². The Morgan fingerprint density at radius 1 is 0.509 bits per heavy atom. The molecule has 53 heavy (non-hydrogen) atoms. The van der Waals surface area contributed by atoms with Crippen molar-refractivity contribution in [1.29, 1.82) is 0 Å². The van der Waals surface area contributed by atoms with Crippen LogP contribution in [-0.2, 0) is 5.41 Å². The Morgan fingerprint density at radius 2 is 1.15 bits per heavy atom. The molecule has 0 spiro atoms. The van der Waals surface area contributed by atoms with Gasteiger partial charge in [0.05, 0.1) is 27.3 Å². The van der Waals surface area contributed by atoms with E-state index >= 15 is 0 Å². The van der Waals surface area contributed by atoms with Crippen LogP contribution in [0.25, 0.3) is 75.0 Å². The number of para-hydroxylation sites is 1. The van der Waals surface area contributed by atoms with Crippen molar-refractivity contribution in [1.82, 2.24) is 9.97 Å². The monoisotopic (exact) mass is 695 g/mol. The van der Waals surface area contributed by atoms with E-state index in [0.29, 0.717) is 5.95 Å². The first-order valence-corrected chi connectivity index (χ1v) is 19.0. The van der Waals surface area contributed by atoms with E-state index in [1.54, 1.807) is 0 Å². The van der Waals surface area contributed by atoms with E-state index in [2.05, 4.69) is 183 Å². The summed E-state index contributed by atoms with van der Waals surface area (Å²) >= 11 is 1.87. The standard InChI is InChI=1S/C49H33N3S/c1-49(2)38-21-11-12-22-40(38)52(46-44(49)36-19-9-8-18-35(36)42-37-20-10-13-23-41(37)53-47(42)46)48-50-39-29-28-32-16-6-7-17-34(32)43(39)45(51-48)33-26-24-31(25-27-33)30-14-4-3-5-15-30/h3-29H,1-2H3. The molecule has 0 atom stereocenters. The molecule has 1 aliphatic heterocycles. The third-order valence-electron chi connectivity index (χ3n) is 11.2. The largest absolute Gasteiger partial charge is 0.277 e. The molecule has 3 nitrogen and oxygen atoms in total. The van der Waals surface area contributed by atoms with Crippen LogP contribution in [0.1, 0.15) is 25.0 Å². The third-order valence-corrected chi connectivity index (χ3v) is 12.4. The zero-order valence-corrected chi connectivity index (χ0v) is 30.2. The molecule has 0 saturated carbocycles. The smallest absolute Gasteiger partial charge is 0.235 e. The highest BCUT2D eigenvalue weighted by molar-refractivity contribution is 7.26. The van der Waals surface area contributed by atoms with Crippen molar-refractivity contribution in [2.45, 2.75) is 19.3 Å². The van der Waals surface area contributed by atoms with Gasteiger partial charge in [0, 0.05) is 31.8 Å². The maximum Gasteiger partial charge on any atom is 0.235 e. The molecule has 11 rings (SSSR count). The summed E-state index contributed by atoms with van der Waals surface area (Å²) in [6.45, 7) is 4.75. The lowest BCUT2D eigenvalue weighted by Gasteiger charge is -2.42. The lowest BCUT2D eigenvalue weighted by Crippen LogP contribution is -2.31. The van der Waals surface area contributed by atoms with Crippen LogP contribution in [0.2, 0.25) is 0 Å². The number of hydrogen-bond donors (Lipinski definition) is 0. The molecule has 2 aromatic heterocycles. The molecule has 0 bridgehead atoms. The lowest BCUT2D eigenvalue weighted by atomic mass is 9.71. The zero-order valence-electron chi connectivity index (χ0n) is 29.3. The van der Waals surface area contributed by atoms with E-state index in [0.717, 1.165) is 33.2 Å². The van der Waals surface area contributed by atoms with Crippen molar-refractivity contribution >= 4 is 81.3 Å². The van der Waals surface area contributed by atoms with Gasteiger partial charge in [-0.15, -0.1) is 11.3 Å². The fourth-order valence-electron chi connectivity index (χ4n) is 8.80. The maximum absolute atomic E-state index is 5.65. The minimum absolute atomic E-state index is 0.282. The van der Waals surface area contributed by atoms with E-state index in [1.807, 2.05) is 11.3 Å². The molecule has 3 heterocycles. The second-order valence-corrected chi connectivity index (χ2v) is 15.6. The molecule has 0 aliphatic carbocycles. The Kier molecular flexibility index (Phi) is 6.47. The van der Waals surface area contributed by atoms with Crippen molar-refractivity contribution in [3.63, 3.8) is 0 Å². The molecule has 0 saturated heterocycles. The Labute approximate surface area is 311 Å². The van der Waals surface area contributed by atoms with Crippen LogP contribution < -0.4 is 4.90 Å². The van der Waals surface area contributed by atoms with Crippen LogP contribution in [-0.4, -0.2) is 9.97 Å². The van der Waals surface area contributed by atoms with Crippen LogP contribution in [0.4, 0.5) is 17.3 Å². The minimum Gasteiger partial charge on any atom is -0.277 e. The Bertz CT molecular complexity index is 3090. The van der Waals surface area contributed by atoms with E-state index < -0.39 is 0 Å². The number of thiophene rings is 1. The second-order valence-electron chi connectivity index (χ2n) is 14.5. The van der Waals surface area contributed by atoms with Gasteiger partial charge in [-0.1, -0.05) is 159 Å². The Hall–Kier alpha value is -6.36. The summed E-state index contributed by atoms with van der Waals surface area (Å²) in [4.78, 5) is 13.5. The number of benzene rings is 8. The molecule has 0 unspecified atom stereocenters. The Balaban J connectivity index is 1.26. The molecule has 8 aromatic carbocycles. The van der Waals surface area contributed by atoms with Crippen LogP contribution in [0.3, 0.4) is 0 Å². The van der Waals surface area contributed by atoms with Gasteiger partial charge in [-0.2, -0.15) is 0 Å². The summed E-state index contributed by atoms with van der Waals surface area (Å²) < 4.78 is 2.54. The molecule has 0 fully saturated rings. The fraction of sp³-hybridized carbons (Fsp3) is 0.0612. The topological polar surface area (TPSA) is 29.0 Å². The Morgan fingerprint density at radius 3 is 1.98 bits per heavy atom. The molecular formula is C49H33N3S. The summed E-state index contributed by atoms with van der Waals surface area (Å²) in [5.74, 6) is 0.674. The predicted octanol–water partition coefficient (Wildman–Crippen LogP) is 13.7. The normalized spacial score (nSPS) is 13.6. The van der Waals surface area contributed by atoms with Gasteiger partial charge in [0.1, 0.15) is 0 Å². The molecular weight excluding hydrogens is 663 g/mol. The van der Waals surface area contributed by atoms with Gasteiger partial charge < -0.3 is 0 Å². The highest BCUT2D eigenvalue weighted by Crippen LogP contribution is 2.58. The second kappa shape index (κ2) is 11.3. The summed E-state index contributed by atoms with van der Waals surface area (Å²) in [5, 5.41) is 8.53. The SMILES string of the molecule is CC1(C)c2ccccc2N(c2nc(-c3ccc(-c4ccccc4)cc3)c3c(ccc4ccccc43)n2)c2c1c1ccccc1c1c2sc2ccccc21. The van der Waals surface area contributed by atoms with Crippen molar-refractivity contribution in [2.75, 3.05) is 4.90 Å².